The van der Waals surface area contributed by atoms with E-state index in [0.717, 1.165) is 22.6 Å². The lowest BCUT2D eigenvalue weighted by molar-refractivity contribution is 1.06. The van der Waals surface area contributed by atoms with E-state index in [2.05, 4.69) is 37.0 Å². The Morgan fingerprint density at radius 1 is 1.19 bits per heavy atom. The number of fused-ring (bicyclic) bond motifs is 1. The Morgan fingerprint density at radius 3 is 2.71 bits per heavy atom. The van der Waals surface area contributed by atoms with Crippen LogP contribution >= 0.6 is 11.6 Å². The summed E-state index contributed by atoms with van der Waals surface area (Å²) in [7, 11) is 0. The second kappa shape index (κ2) is 5.23. The van der Waals surface area contributed by atoms with Crippen LogP contribution in [0, 0.1) is 25.2 Å². The highest BCUT2D eigenvalue weighted by Gasteiger charge is 2.14. The first-order valence-corrected chi connectivity index (χ1v) is 7.09. The van der Waals surface area contributed by atoms with Crippen LogP contribution in [0.3, 0.4) is 0 Å². The van der Waals surface area contributed by atoms with E-state index in [1.165, 1.54) is 11.1 Å². The maximum absolute atomic E-state index is 9.10. The topological polar surface area (TPSA) is 41.1 Å². The Morgan fingerprint density at radius 2 is 2.00 bits per heavy atom. The third-order valence-electron chi connectivity index (χ3n) is 3.71. The number of halogens is 1. The average molecular weight is 296 g/mol. The summed E-state index contributed by atoms with van der Waals surface area (Å²) < 4.78 is 1.93. The van der Waals surface area contributed by atoms with E-state index in [0.29, 0.717) is 11.4 Å². The van der Waals surface area contributed by atoms with Crippen LogP contribution in [0.25, 0.3) is 16.9 Å². The summed E-state index contributed by atoms with van der Waals surface area (Å²) >= 11 is 6.03. The van der Waals surface area contributed by atoms with Gasteiger partial charge in [0, 0.05) is 22.8 Å². The highest BCUT2D eigenvalue weighted by molar-refractivity contribution is 6.30. The van der Waals surface area contributed by atoms with Gasteiger partial charge in [-0.25, -0.2) is 4.98 Å². The van der Waals surface area contributed by atoms with Crippen molar-refractivity contribution < 1.29 is 0 Å². The number of rotatable bonds is 2. The van der Waals surface area contributed by atoms with E-state index in [-0.39, 0.29) is 0 Å². The lowest BCUT2D eigenvalue weighted by Crippen LogP contribution is -1.93. The van der Waals surface area contributed by atoms with Crippen LogP contribution in [0.1, 0.15) is 16.8 Å². The minimum absolute atomic E-state index is 0.311. The third kappa shape index (κ3) is 2.39. The van der Waals surface area contributed by atoms with Gasteiger partial charge in [-0.2, -0.15) is 5.26 Å². The number of aromatic nitrogens is 2. The van der Waals surface area contributed by atoms with Crippen LogP contribution in [0.15, 0.2) is 36.5 Å². The van der Waals surface area contributed by atoms with Gasteiger partial charge >= 0.3 is 0 Å². The van der Waals surface area contributed by atoms with Gasteiger partial charge in [0.05, 0.1) is 23.9 Å². The molecule has 0 amide bonds. The molecular weight excluding hydrogens is 282 g/mol. The monoisotopic (exact) mass is 295 g/mol. The van der Waals surface area contributed by atoms with Gasteiger partial charge < -0.3 is 4.40 Å². The molecular formula is C17H14ClN3. The summed E-state index contributed by atoms with van der Waals surface area (Å²) in [4.78, 5) is 4.66. The summed E-state index contributed by atoms with van der Waals surface area (Å²) in [6.07, 6.45) is 2.17. The number of benzene rings is 1. The van der Waals surface area contributed by atoms with Gasteiger partial charge in [-0.3, -0.25) is 0 Å². The molecule has 3 aromatic rings. The van der Waals surface area contributed by atoms with E-state index in [1.807, 2.05) is 22.7 Å². The Hall–Kier alpha value is -2.31. The number of imidazole rings is 1. The maximum Gasteiger partial charge on any atom is 0.139 e. The minimum atomic E-state index is 0.311. The standard InChI is InChI=1S/C17H14ClN3/c1-11-3-4-13(9-12(11)2)17-15(5-7-19)21-8-6-14(18)10-16(21)20-17/h3-4,6,8-10H,5H2,1-2H3. The van der Waals surface area contributed by atoms with E-state index < -0.39 is 0 Å². The lowest BCUT2D eigenvalue weighted by Gasteiger charge is -2.05. The van der Waals surface area contributed by atoms with E-state index in [1.54, 1.807) is 6.07 Å². The molecule has 0 spiro atoms. The average Bonchev–Trinajstić information content (AvgIpc) is 2.80. The number of hydrogen-bond acceptors (Lipinski definition) is 2. The molecule has 4 heteroatoms. The molecule has 0 aliphatic heterocycles. The summed E-state index contributed by atoms with van der Waals surface area (Å²) in [6.45, 7) is 4.16. The van der Waals surface area contributed by atoms with Gasteiger partial charge in [-0.1, -0.05) is 23.7 Å². The van der Waals surface area contributed by atoms with E-state index in [9.17, 15) is 0 Å². The van der Waals surface area contributed by atoms with Crippen LogP contribution in [-0.4, -0.2) is 9.38 Å². The molecule has 0 bridgehead atoms. The number of nitriles is 1. The van der Waals surface area contributed by atoms with Crippen molar-refractivity contribution in [3.8, 4) is 17.3 Å². The second-order valence-corrected chi connectivity index (χ2v) is 5.55. The van der Waals surface area contributed by atoms with Crippen molar-refractivity contribution >= 4 is 17.2 Å². The molecule has 0 fully saturated rings. The number of nitrogens with zero attached hydrogens (tertiary/aromatic N) is 3. The van der Waals surface area contributed by atoms with E-state index >= 15 is 0 Å². The normalized spacial score (nSPS) is 10.8. The predicted octanol–water partition coefficient (Wildman–Crippen LogP) is 4.34. The minimum Gasteiger partial charge on any atom is -0.302 e. The van der Waals surface area contributed by atoms with Crippen molar-refractivity contribution in [2.24, 2.45) is 0 Å². The predicted molar refractivity (Wildman–Crippen MR) is 84.4 cm³/mol. The van der Waals surface area contributed by atoms with Gasteiger partial charge in [0.1, 0.15) is 5.65 Å². The summed E-state index contributed by atoms with van der Waals surface area (Å²) in [5.74, 6) is 0. The lowest BCUT2D eigenvalue weighted by atomic mass is 10.0. The second-order valence-electron chi connectivity index (χ2n) is 5.11. The molecule has 3 nitrogen and oxygen atoms in total. The Kier molecular flexibility index (Phi) is 3.40. The van der Waals surface area contributed by atoms with Crippen LogP contribution in [0.5, 0.6) is 0 Å². The summed E-state index contributed by atoms with van der Waals surface area (Å²) in [5.41, 5.74) is 6.00. The first-order valence-electron chi connectivity index (χ1n) is 6.71. The summed E-state index contributed by atoms with van der Waals surface area (Å²) in [5, 5.41) is 9.75. The van der Waals surface area contributed by atoms with Crippen LogP contribution in [-0.2, 0) is 6.42 Å². The van der Waals surface area contributed by atoms with Crippen molar-refractivity contribution in [3.63, 3.8) is 0 Å². The molecule has 0 saturated heterocycles. The first kappa shape index (κ1) is 13.7. The first-order chi connectivity index (χ1) is 10.1. The molecule has 104 valence electrons. The summed E-state index contributed by atoms with van der Waals surface area (Å²) in [6, 6.07) is 12.1. The number of pyridine rings is 1. The van der Waals surface area contributed by atoms with Crippen LogP contribution < -0.4 is 0 Å². The van der Waals surface area contributed by atoms with Crippen LogP contribution in [0.4, 0.5) is 0 Å². The fourth-order valence-corrected chi connectivity index (χ4v) is 2.59. The van der Waals surface area contributed by atoms with Crippen molar-refractivity contribution in [2.75, 3.05) is 0 Å². The number of aryl methyl sites for hydroxylation is 2. The number of hydrogen-bond donors (Lipinski definition) is 0. The van der Waals surface area contributed by atoms with Crippen molar-refractivity contribution in [3.05, 3.63) is 58.4 Å². The molecule has 0 unspecified atom stereocenters. The van der Waals surface area contributed by atoms with Gasteiger partial charge in [0.25, 0.3) is 0 Å². The molecule has 1 aromatic carbocycles. The van der Waals surface area contributed by atoms with Gasteiger partial charge in [0.15, 0.2) is 0 Å². The molecule has 0 atom stereocenters. The zero-order valence-electron chi connectivity index (χ0n) is 11.9. The molecule has 0 aliphatic carbocycles. The Balaban J connectivity index is 2.27. The maximum atomic E-state index is 9.10. The molecule has 2 heterocycles. The van der Waals surface area contributed by atoms with Gasteiger partial charge in [0.2, 0.25) is 0 Å². The fraction of sp³-hybridized carbons (Fsp3) is 0.176. The quantitative estimate of drug-likeness (QED) is 0.706. The molecule has 0 N–H and O–H groups in total. The fourth-order valence-electron chi connectivity index (χ4n) is 2.43. The Labute approximate surface area is 128 Å². The molecule has 0 saturated carbocycles. The highest BCUT2D eigenvalue weighted by atomic mass is 35.5. The largest absolute Gasteiger partial charge is 0.302 e. The van der Waals surface area contributed by atoms with Crippen molar-refractivity contribution in [2.45, 2.75) is 20.3 Å². The SMILES string of the molecule is Cc1ccc(-c2nc3cc(Cl)ccn3c2CC#N)cc1C. The van der Waals surface area contributed by atoms with E-state index in [4.69, 9.17) is 16.9 Å². The zero-order chi connectivity index (χ0) is 15.0. The molecule has 0 aliphatic rings. The third-order valence-corrected chi connectivity index (χ3v) is 3.95. The van der Waals surface area contributed by atoms with Gasteiger partial charge in [-0.15, -0.1) is 0 Å². The van der Waals surface area contributed by atoms with Crippen LogP contribution in [0.2, 0.25) is 5.02 Å². The molecule has 2 aromatic heterocycles. The Bertz CT molecular complexity index is 872. The molecule has 21 heavy (non-hydrogen) atoms. The smallest absolute Gasteiger partial charge is 0.139 e. The van der Waals surface area contributed by atoms with Crippen molar-refractivity contribution in [1.29, 1.82) is 5.26 Å². The highest BCUT2D eigenvalue weighted by Crippen LogP contribution is 2.27. The zero-order valence-corrected chi connectivity index (χ0v) is 12.6. The van der Waals surface area contributed by atoms with Crippen molar-refractivity contribution in [1.82, 2.24) is 9.38 Å². The molecule has 3 rings (SSSR count). The van der Waals surface area contributed by atoms with Gasteiger partial charge in [-0.05, 0) is 37.1 Å². The molecule has 0 radical (unpaired) electrons.